The van der Waals surface area contributed by atoms with Crippen LogP contribution in [0.2, 0.25) is 0 Å². The summed E-state index contributed by atoms with van der Waals surface area (Å²) in [5.41, 5.74) is 0. The van der Waals surface area contributed by atoms with E-state index in [0.29, 0.717) is 12.8 Å². The number of ether oxygens (including phenoxy) is 1. The molecule has 0 rings (SSSR count). The molecule has 0 aromatic rings. The Bertz CT molecular complexity index is 112. The van der Waals surface area contributed by atoms with Gasteiger partial charge in [0.1, 0.15) is 0 Å². The SMILES string of the molecule is O=C(O)OCCCCC(O)O. The smallest absolute Gasteiger partial charge is 0.450 e. The minimum atomic E-state index is -1.31. The predicted octanol–water partition coefficient (Wildman–Crippen LogP) is 0.162. The summed E-state index contributed by atoms with van der Waals surface area (Å²) in [7, 11) is 0. The van der Waals surface area contributed by atoms with E-state index in [0.717, 1.165) is 0 Å². The number of unbranched alkanes of at least 4 members (excludes halogenated alkanes) is 1. The highest BCUT2D eigenvalue weighted by Crippen LogP contribution is 1.98. The van der Waals surface area contributed by atoms with Gasteiger partial charge in [-0.25, -0.2) is 4.79 Å². The Morgan fingerprint density at radius 3 is 2.45 bits per heavy atom. The molecule has 11 heavy (non-hydrogen) atoms. The van der Waals surface area contributed by atoms with Crippen molar-refractivity contribution in [2.24, 2.45) is 0 Å². The first-order chi connectivity index (χ1) is 5.13. The number of aliphatic hydroxyl groups excluding tert-OH is 1. The number of rotatable bonds is 5. The molecule has 0 saturated carbocycles. The van der Waals surface area contributed by atoms with Gasteiger partial charge in [-0.1, -0.05) is 0 Å². The van der Waals surface area contributed by atoms with Crippen molar-refractivity contribution < 1.29 is 24.9 Å². The number of carboxylic acid groups (broad SMARTS) is 1. The molecule has 0 heterocycles. The van der Waals surface area contributed by atoms with Gasteiger partial charge in [-0.15, -0.1) is 0 Å². The van der Waals surface area contributed by atoms with Crippen molar-refractivity contribution in [3.63, 3.8) is 0 Å². The van der Waals surface area contributed by atoms with E-state index >= 15 is 0 Å². The molecule has 5 heteroatoms. The van der Waals surface area contributed by atoms with E-state index in [2.05, 4.69) is 4.74 Å². The van der Waals surface area contributed by atoms with Crippen molar-refractivity contribution in [1.29, 1.82) is 0 Å². The summed E-state index contributed by atoms with van der Waals surface area (Å²) in [4.78, 5) is 9.78. The van der Waals surface area contributed by atoms with Crippen LogP contribution in [0.5, 0.6) is 0 Å². The number of hydrogen-bond acceptors (Lipinski definition) is 4. The van der Waals surface area contributed by atoms with Gasteiger partial charge in [-0.2, -0.15) is 0 Å². The molecule has 3 N–H and O–H groups in total. The Morgan fingerprint density at radius 2 is 2.00 bits per heavy atom. The monoisotopic (exact) mass is 164 g/mol. The second kappa shape index (κ2) is 5.94. The predicted molar refractivity (Wildman–Crippen MR) is 36.1 cm³/mol. The largest absolute Gasteiger partial charge is 0.505 e. The molecule has 0 bridgehead atoms. The molecule has 0 saturated heterocycles. The van der Waals surface area contributed by atoms with Gasteiger partial charge >= 0.3 is 6.16 Å². The molecule has 0 aliphatic heterocycles. The fraction of sp³-hybridized carbons (Fsp3) is 0.833. The fourth-order valence-corrected chi connectivity index (χ4v) is 0.588. The summed E-state index contributed by atoms with van der Waals surface area (Å²) in [6, 6.07) is 0. The molecule has 0 spiro atoms. The average Bonchev–Trinajstić information content (AvgIpc) is 1.85. The first-order valence-electron chi connectivity index (χ1n) is 3.35. The Balaban J connectivity index is 2.97. The van der Waals surface area contributed by atoms with Crippen LogP contribution in [0.3, 0.4) is 0 Å². The topological polar surface area (TPSA) is 87.0 Å². The first-order valence-corrected chi connectivity index (χ1v) is 3.35. The second-order valence-electron chi connectivity index (χ2n) is 2.09. The quantitative estimate of drug-likeness (QED) is 0.306. The van der Waals surface area contributed by atoms with Gasteiger partial charge in [0.2, 0.25) is 0 Å². The van der Waals surface area contributed by atoms with E-state index in [1.807, 2.05) is 0 Å². The molecule has 0 radical (unpaired) electrons. The van der Waals surface area contributed by atoms with E-state index in [4.69, 9.17) is 15.3 Å². The molecule has 0 amide bonds. The van der Waals surface area contributed by atoms with Crippen LogP contribution >= 0.6 is 0 Å². The maximum Gasteiger partial charge on any atom is 0.505 e. The summed E-state index contributed by atoms with van der Waals surface area (Å²) >= 11 is 0. The lowest BCUT2D eigenvalue weighted by Crippen LogP contribution is -2.06. The van der Waals surface area contributed by atoms with Gasteiger partial charge in [0.05, 0.1) is 6.61 Å². The third kappa shape index (κ3) is 9.19. The highest BCUT2D eigenvalue weighted by molar-refractivity contribution is 5.56. The minimum Gasteiger partial charge on any atom is -0.450 e. The van der Waals surface area contributed by atoms with E-state index in [1.165, 1.54) is 0 Å². The minimum absolute atomic E-state index is 0.113. The van der Waals surface area contributed by atoms with E-state index in [9.17, 15) is 4.79 Å². The lowest BCUT2D eigenvalue weighted by Gasteiger charge is -2.02. The van der Waals surface area contributed by atoms with Crippen LogP contribution in [-0.4, -0.2) is 34.4 Å². The van der Waals surface area contributed by atoms with E-state index < -0.39 is 12.4 Å². The lowest BCUT2D eigenvalue weighted by atomic mass is 10.2. The fourth-order valence-electron chi connectivity index (χ4n) is 0.588. The zero-order valence-electron chi connectivity index (χ0n) is 6.06. The Labute approximate surface area is 64.2 Å². The summed E-state index contributed by atoms with van der Waals surface area (Å²) in [6.07, 6.45) is -1.29. The summed E-state index contributed by atoms with van der Waals surface area (Å²) in [5, 5.41) is 24.7. The molecule has 0 aliphatic carbocycles. The maximum atomic E-state index is 9.78. The molecule has 0 unspecified atom stereocenters. The summed E-state index contributed by atoms with van der Waals surface area (Å²) in [6.45, 7) is 0.113. The van der Waals surface area contributed by atoms with Crippen molar-refractivity contribution >= 4 is 6.16 Å². The Hall–Kier alpha value is -0.810. The molecule has 0 aromatic carbocycles. The molecule has 5 nitrogen and oxygen atoms in total. The normalized spacial score (nSPS) is 10.1. The van der Waals surface area contributed by atoms with Crippen LogP contribution in [0, 0.1) is 0 Å². The van der Waals surface area contributed by atoms with Gasteiger partial charge in [0, 0.05) is 0 Å². The highest BCUT2D eigenvalue weighted by atomic mass is 16.7. The molecule has 66 valence electrons. The molecule has 0 aliphatic rings. The van der Waals surface area contributed by atoms with Crippen LogP contribution < -0.4 is 0 Å². The van der Waals surface area contributed by atoms with Gasteiger partial charge < -0.3 is 20.1 Å². The lowest BCUT2D eigenvalue weighted by molar-refractivity contribution is -0.0471. The molecule has 0 aromatic heterocycles. The van der Waals surface area contributed by atoms with Crippen molar-refractivity contribution in [3.8, 4) is 0 Å². The molecule has 0 fully saturated rings. The van der Waals surface area contributed by atoms with Crippen molar-refractivity contribution in [2.75, 3.05) is 6.61 Å². The van der Waals surface area contributed by atoms with E-state index in [1.54, 1.807) is 0 Å². The third-order valence-corrected chi connectivity index (χ3v) is 1.08. The number of hydrogen-bond donors (Lipinski definition) is 3. The van der Waals surface area contributed by atoms with Crippen molar-refractivity contribution in [3.05, 3.63) is 0 Å². The van der Waals surface area contributed by atoms with Gasteiger partial charge in [0.15, 0.2) is 6.29 Å². The first kappa shape index (κ1) is 10.2. The number of aliphatic hydroxyl groups is 2. The van der Waals surface area contributed by atoms with Crippen molar-refractivity contribution in [2.45, 2.75) is 25.6 Å². The van der Waals surface area contributed by atoms with Crippen LogP contribution in [-0.2, 0) is 4.74 Å². The van der Waals surface area contributed by atoms with Crippen molar-refractivity contribution in [1.82, 2.24) is 0 Å². The number of carbonyl (C=O) groups is 1. The summed E-state index contributed by atoms with van der Waals surface area (Å²) in [5.74, 6) is 0. The molecular formula is C6H12O5. The van der Waals surface area contributed by atoms with Crippen LogP contribution in [0.25, 0.3) is 0 Å². The summed E-state index contributed by atoms with van der Waals surface area (Å²) < 4.78 is 4.18. The van der Waals surface area contributed by atoms with Crippen LogP contribution in [0.4, 0.5) is 4.79 Å². The second-order valence-corrected chi connectivity index (χ2v) is 2.09. The standard InChI is InChI=1S/C6H12O5/c7-5(8)3-1-2-4-11-6(9)10/h5,7-8H,1-4H2,(H,9,10). The average molecular weight is 164 g/mol. The Kier molecular flexibility index (Phi) is 5.50. The zero-order valence-corrected chi connectivity index (χ0v) is 6.06. The van der Waals surface area contributed by atoms with Gasteiger partial charge in [0.25, 0.3) is 0 Å². The van der Waals surface area contributed by atoms with E-state index in [-0.39, 0.29) is 13.0 Å². The zero-order chi connectivity index (χ0) is 8.69. The Morgan fingerprint density at radius 1 is 1.36 bits per heavy atom. The third-order valence-electron chi connectivity index (χ3n) is 1.08. The van der Waals surface area contributed by atoms with Crippen LogP contribution in [0.15, 0.2) is 0 Å². The molecular weight excluding hydrogens is 152 g/mol. The van der Waals surface area contributed by atoms with Gasteiger partial charge in [-0.3, -0.25) is 0 Å². The highest BCUT2D eigenvalue weighted by Gasteiger charge is 1.98. The molecule has 0 atom stereocenters. The van der Waals surface area contributed by atoms with Crippen LogP contribution in [0.1, 0.15) is 19.3 Å². The van der Waals surface area contributed by atoms with Gasteiger partial charge in [-0.05, 0) is 19.3 Å². The maximum absolute atomic E-state index is 9.78.